The molecular formula is C24H27ClN4O2S. The summed E-state index contributed by atoms with van der Waals surface area (Å²) in [6.45, 7) is 8.52. The topological polar surface area (TPSA) is 58.9 Å². The van der Waals surface area contributed by atoms with E-state index in [4.69, 9.17) is 16.3 Å². The lowest BCUT2D eigenvalue weighted by Gasteiger charge is -2.42. The quantitative estimate of drug-likeness (QED) is 0.395. The molecule has 0 spiro atoms. The number of hydrogen-bond donors (Lipinski definition) is 2. The van der Waals surface area contributed by atoms with Gasteiger partial charge in [-0.15, -0.1) is 12.6 Å². The van der Waals surface area contributed by atoms with E-state index < -0.39 is 0 Å². The first-order valence-corrected chi connectivity index (χ1v) is 11.3. The van der Waals surface area contributed by atoms with Crippen molar-refractivity contribution in [2.75, 3.05) is 26.7 Å². The summed E-state index contributed by atoms with van der Waals surface area (Å²) in [6.07, 6.45) is 6.27. The number of aryl methyl sites for hydroxylation is 1. The predicted octanol–water partition coefficient (Wildman–Crippen LogP) is 4.45. The van der Waals surface area contributed by atoms with Crippen molar-refractivity contribution in [1.82, 2.24) is 19.6 Å². The summed E-state index contributed by atoms with van der Waals surface area (Å²) in [7, 11) is 1.71. The number of carbonyl (C=O) groups is 1. The molecule has 0 aliphatic carbocycles. The number of imidazole rings is 1. The van der Waals surface area contributed by atoms with Gasteiger partial charge in [-0.1, -0.05) is 24.2 Å². The Morgan fingerprint density at radius 1 is 1.34 bits per heavy atom. The van der Waals surface area contributed by atoms with Crippen molar-refractivity contribution < 1.29 is 9.53 Å². The number of likely N-dealkylation sites (tertiary alicyclic amines) is 1. The van der Waals surface area contributed by atoms with Gasteiger partial charge in [0.05, 0.1) is 23.2 Å². The highest BCUT2D eigenvalue weighted by Crippen LogP contribution is 2.34. The Morgan fingerprint density at radius 3 is 2.75 bits per heavy atom. The Kier molecular flexibility index (Phi) is 6.51. The maximum atomic E-state index is 10.7. The molecule has 8 heteroatoms. The number of hydrogen-bond acceptors (Lipinski definition) is 5. The van der Waals surface area contributed by atoms with E-state index in [-0.39, 0.29) is 5.60 Å². The summed E-state index contributed by atoms with van der Waals surface area (Å²) in [4.78, 5) is 18.4. The number of aromatic nitrogens is 2. The fraction of sp³-hybridized carbons (Fsp3) is 0.333. The Morgan fingerprint density at radius 2 is 2.09 bits per heavy atom. The third-order valence-corrected chi connectivity index (χ3v) is 6.98. The molecule has 1 aliphatic heterocycles. The number of benzene rings is 1. The minimum absolute atomic E-state index is 0.336. The number of nitrogens with zero attached hydrogens (tertiary/aromatic N) is 3. The number of carbonyl (C=O) groups excluding carboxylic acids is 1. The fourth-order valence-electron chi connectivity index (χ4n) is 4.36. The van der Waals surface area contributed by atoms with Crippen LogP contribution in [0, 0.1) is 6.92 Å². The maximum Gasteiger partial charge on any atom is 0.207 e. The Balaban J connectivity index is 1.62. The SMILES string of the molecule is C=C(c1cnc2cc(C)c(-c3ccc(S)cc3Cl)cn12)N1CCC(CNC=O)(OC)CC1. The summed E-state index contributed by atoms with van der Waals surface area (Å²) >= 11 is 10.9. The number of pyridine rings is 1. The lowest BCUT2D eigenvalue weighted by molar-refractivity contribution is -0.112. The third kappa shape index (κ3) is 4.25. The van der Waals surface area contributed by atoms with Crippen molar-refractivity contribution in [1.29, 1.82) is 0 Å². The summed E-state index contributed by atoms with van der Waals surface area (Å²) < 4.78 is 7.83. The van der Waals surface area contributed by atoms with Gasteiger partial charge in [-0.05, 0) is 43.5 Å². The van der Waals surface area contributed by atoms with E-state index >= 15 is 0 Å². The number of halogens is 1. The number of nitrogens with one attached hydrogen (secondary N) is 1. The summed E-state index contributed by atoms with van der Waals surface area (Å²) in [5.74, 6) is 0. The van der Waals surface area contributed by atoms with Gasteiger partial charge in [-0.25, -0.2) is 4.98 Å². The molecule has 1 aromatic carbocycles. The average Bonchev–Trinajstić information content (AvgIpc) is 3.20. The Hall–Kier alpha value is -2.48. The number of fused-ring (bicyclic) bond motifs is 1. The predicted molar refractivity (Wildman–Crippen MR) is 131 cm³/mol. The molecule has 3 heterocycles. The molecule has 0 saturated carbocycles. The van der Waals surface area contributed by atoms with Gasteiger partial charge in [0.15, 0.2) is 0 Å². The highest BCUT2D eigenvalue weighted by molar-refractivity contribution is 7.80. The molecule has 0 bridgehead atoms. The van der Waals surface area contributed by atoms with Crippen LogP contribution >= 0.6 is 24.2 Å². The standard InChI is InChI=1S/C24H27ClN4O2S/c1-16-10-23-27-12-22(29(23)13-20(16)19-5-4-18(32)11-21(19)25)17(2)28-8-6-24(31-3,7-9-28)14-26-15-30/h4-5,10-13,15,32H,2,6-9,14H2,1,3H3,(H,26,30). The van der Waals surface area contributed by atoms with Crippen LogP contribution in [0.4, 0.5) is 0 Å². The van der Waals surface area contributed by atoms with Crippen LogP contribution in [0.25, 0.3) is 22.5 Å². The molecule has 3 aromatic rings. The van der Waals surface area contributed by atoms with Crippen LogP contribution in [0.3, 0.4) is 0 Å². The summed E-state index contributed by atoms with van der Waals surface area (Å²) in [6, 6.07) is 7.85. The van der Waals surface area contributed by atoms with E-state index in [1.807, 2.05) is 24.4 Å². The van der Waals surface area contributed by atoms with Gasteiger partial charge in [-0.2, -0.15) is 0 Å². The zero-order valence-corrected chi connectivity index (χ0v) is 19.9. The maximum absolute atomic E-state index is 10.7. The lowest BCUT2D eigenvalue weighted by atomic mass is 9.90. The van der Waals surface area contributed by atoms with Crippen molar-refractivity contribution >= 4 is 42.0 Å². The number of ether oxygens (including phenoxy) is 1. The zero-order chi connectivity index (χ0) is 22.9. The molecule has 1 saturated heterocycles. The molecule has 0 unspecified atom stereocenters. The van der Waals surface area contributed by atoms with Gasteiger partial charge in [-0.3, -0.25) is 9.20 Å². The Labute approximate surface area is 198 Å². The number of methoxy groups -OCH3 is 1. The van der Waals surface area contributed by atoms with Crippen LogP contribution in [-0.4, -0.2) is 53.0 Å². The monoisotopic (exact) mass is 470 g/mol. The average molecular weight is 471 g/mol. The molecule has 2 aromatic heterocycles. The molecule has 1 fully saturated rings. The van der Waals surface area contributed by atoms with Gasteiger partial charge in [0.2, 0.25) is 6.41 Å². The molecule has 168 valence electrons. The minimum Gasteiger partial charge on any atom is -0.376 e. The van der Waals surface area contributed by atoms with Crippen molar-refractivity contribution in [3.05, 3.63) is 59.5 Å². The first-order valence-electron chi connectivity index (χ1n) is 10.5. The van der Waals surface area contributed by atoms with Crippen molar-refractivity contribution in [3.63, 3.8) is 0 Å². The van der Waals surface area contributed by atoms with E-state index in [0.717, 1.165) is 71.0 Å². The van der Waals surface area contributed by atoms with Gasteiger partial charge < -0.3 is 15.0 Å². The Bertz CT molecular complexity index is 1170. The van der Waals surface area contributed by atoms with Gasteiger partial charge in [0.1, 0.15) is 5.65 Å². The van der Waals surface area contributed by atoms with Crippen LogP contribution in [0.15, 0.2) is 48.1 Å². The van der Waals surface area contributed by atoms with Crippen molar-refractivity contribution in [2.45, 2.75) is 30.3 Å². The number of rotatable bonds is 7. The van der Waals surface area contributed by atoms with E-state index in [0.29, 0.717) is 11.6 Å². The molecule has 1 aliphatic rings. The van der Waals surface area contributed by atoms with E-state index in [2.05, 4.69) is 58.0 Å². The zero-order valence-electron chi connectivity index (χ0n) is 18.3. The molecule has 32 heavy (non-hydrogen) atoms. The fourth-order valence-corrected chi connectivity index (χ4v) is 4.93. The van der Waals surface area contributed by atoms with Gasteiger partial charge >= 0.3 is 0 Å². The normalized spacial score (nSPS) is 15.7. The first-order chi connectivity index (χ1) is 15.4. The van der Waals surface area contributed by atoms with Crippen LogP contribution in [0.1, 0.15) is 24.1 Å². The third-order valence-electron chi connectivity index (χ3n) is 6.39. The van der Waals surface area contributed by atoms with Crippen LogP contribution in [-0.2, 0) is 9.53 Å². The summed E-state index contributed by atoms with van der Waals surface area (Å²) in [5.41, 5.74) is 5.48. The minimum atomic E-state index is -0.336. The molecule has 4 rings (SSSR count). The van der Waals surface area contributed by atoms with Crippen molar-refractivity contribution in [3.8, 4) is 11.1 Å². The second-order valence-corrected chi connectivity index (χ2v) is 9.15. The highest BCUT2D eigenvalue weighted by Gasteiger charge is 2.35. The molecular weight excluding hydrogens is 444 g/mol. The second-order valence-electron chi connectivity index (χ2n) is 8.23. The largest absolute Gasteiger partial charge is 0.376 e. The number of amides is 1. The molecule has 1 N–H and O–H groups in total. The molecule has 1 amide bonds. The van der Waals surface area contributed by atoms with Gasteiger partial charge in [0, 0.05) is 54.0 Å². The molecule has 6 nitrogen and oxygen atoms in total. The summed E-state index contributed by atoms with van der Waals surface area (Å²) in [5, 5.41) is 3.43. The van der Waals surface area contributed by atoms with E-state index in [1.165, 1.54) is 0 Å². The number of thiol groups is 1. The van der Waals surface area contributed by atoms with E-state index in [9.17, 15) is 4.79 Å². The molecule has 0 atom stereocenters. The smallest absolute Gasteiger partial charge is 0.207 e. The van der Waals surface area contributed by atoms with Crippen LogP contribution < -0.4 is 5.32 Å². The first kappa shape index (κ1) is 22.7. The highest BCUT2D eigenvalue weighted by atomic mass is 35.5. The van der Waals surface area contributed by atoms with Crippen molar-refractivity contribution in [2.24, 2.45) is 0 Å². The number of piperidine rings is 1. The van der Waals surface area contributed by atoms with Gasteiger partial charge in [0.25, 0.3) is 0 Å². The van der Waals surface area contributed by atoms with Crippen LogP contribution in [0.5, 0.6) is 0 Å². The molecule has 0 radical (unpaired) electrons. The van der Waals surface area contributed by atoms with Crippen LogP contribution in [0.2, 0.25) is 5.02 Å². The lowest BCUT2D eigenvalue weighted by Crippen LogP contribution is -2.50. The second kappa shape index (κ2) is 9.17. The van der Waals surface area contributed by atoms with E-state index in [1.54, 1.807) is 7.11 Å².